The first-order valence-electron chi connectivity index (χ1n) is 7.84. The van der Waals surface area contributed by atoms with Gasteiger partial charge in [0.25, 0.3) is 0 Å². The number of rotatable bonds is 5. The Morgan fingerprint density at radius 2 is 2.14 bits per heavy atom. The molecule has 0 bridgehead atoms. The molecule has 2 fully saturated rings. The van der Waals surface area contributed by atoms with Crippen molar-refractivity contribution in [2.45, 2.75) is 31.3 Å². The predicted molar refractivity (Wildman–Crippen MR) is 86.7 cm³/mol. The van der Waals surface area contributed by atoms with Crippen LogP contribution in [0.1, 0.15) is 18.4 Å². The van der Waals surface area contributed by atoms with Crippen molar-refractivity contribution in [1.29, 1.82) is 0 Å². The van der Waals surface area contributed by atoms with Crippen LogP contribution in [0.15, 0.2) is 16.8 Å². The topological polar surface area (TPSA) is 26.8 Å². The Morgan fingerprint density at radius 1 is 1.33 bits per heavy atom. The fourth-order valence-electron chi connectivity index (χ4n) is 3.66. The molecule has 0 aliphatic carbocycles. The number of hydrogen-bond acceptors (Lipinski definition) is 4. The average Bonchev–Trinajstić information content (AvgIpc) is 3.13. The normalized spacial score (nSPS) is 25.8. The summed E-state index contributed by atoms with van der Waals surface area (Å²) in [5.41, 5.74) is 1.16. The maximum Gasteiger partial charge on any atom is 0.227 e. The third-order valence-corrected chi connectivity index (χ3v) is 5.51. The molecule has 2 atom stereocenters. The molecule has 0 unspecified atom stereocenters. The molecule has 0 spiro atoms. The quantitative estimate of drug-likeness (QED) is 0.825. The molecule has 21 heavy (non-hydrogen) atoms. The zero-order chi connectivity index (χ0) is 14.8. The van der Waals surface area contributed by atoms with Gasteiger partial charge in [-0.15, -0.1) is 0 Å². The molecule has 2 saturated heterocycles. The Bertz CT molecular complexity index is 474. The number of carbonyl (C=O) groups is 1. The zero-order valence-electron chi connectivity index (χ0n) is 13.0. The summed E-state index contributed by atoms with van der Waals surface area (Å²) in [6, 6.07) is 3.11. The first-order chi connectivity index (χ1) is 10.1. The van der Waals surface area contributed by atoms with Crippen LogP contribution in [-0.2, 0) is 11.2 Å². The number of fused-ring (bicyclic) bond motifs is 1. The molecule has 2 aliphatic heterocycles. The molecule has 3 heterocycles. The van der Waals surface area contributed by atoms with Gasteiger partial charge in [0.1, 0.15) is 0 Å². The van der Waals surface area contributed by atoms with Crippen LogP contribution in [0.25, 0.3) is 0 Å². The Morgan fingerprint density at radius 3 is 2.86 bits per heavy atom. The van der Waals surface area contributed by atoms with E-state index in [0.29, 0.717) is 24.4 Å². The smallest absolute Gasteiger partial charge is 0.227 e. The van der Waals surface area contributed by atoms with E-state index >= 15 is 0 Å². The van der Waals surface area contributed by atoms with Crippen LogP contribution in [-0.4, -0.2) is 73.0 Å². The van der Waals surface area contributed by atoms with Crippen LogP contribution in [0.5, 0.6) is 0 Å². The largest absolute Gasteiger partial charge is 0.338 e. The third-order valence-electron chi connectivity index (χ3n) is 4.78. The van der Waals surface area contributed by atoms with Gasteiger partial charge in [-0.05, 0) is 49.3 Å². The number of thiophene rings is 1. The van der Waals surface area contributed by atoms with Crippen molar-refractivity contribution in [2.24, 2.45) is 0 Å². The van der Waals surface area contributed by atoms with E-state index in [9.17, 15) is 4.79 Å². The van der Waals surface area contributed by atoms with E-state index in [2.05, 4.69) is 40.2 Å². The van der Waals surface area contributed by atoms with Gasteiger partial charge in [-0.2, -0.15) is 11.3 Å². The van der Waals surface area contributed by atoms with Crippen molar-refractivity contribution < 1.29 is 4.79 Å². The third kappa shape index (κ3) is 3.30. The van der Waals surface area contributed by atoms with Crippen LogP contribution < -0.4 is 0 Å². The lowest BCUT2D eigenvalue weighted by Crippen LogP contribution is -2.41. The second kappa shape index (κ2) is 6.46. The number of hydrogen-bond donors (Lipinski definition) is 0. The maximum atomic E-state index is 12.5. The molecule has 1 amide bonds. The van der Waals surface area contributed by atoms with Gasteiger partial charge in [0.05, 0.1) is 6.42 Å². The van der Waals surface area contributed by atoms with Crippen LogP contribution >= 0.6 is 11.3 Å². The van der Waals surface area contributed by atoms with E-state index in [-0.39, 0.29) is 0 Å². The lowest BCUT2D eigenvalue weighted by molar-refractivity contribution is -0.131. The molecule has 3 rings (SSSR count). The summed E-state index contributed by atoms with van der Waals surface area (Å²) in [6.45, 7) is 4.31. The Labute approximate surface area is 131 Å². The Balaban J connectivity index is 1.57. The number of likely N-dealkylation sites (tertiary alicyclic amines) is 2. The van der Waals surface area contributed by atoms with E-state index in [0.717, 1.165) is 44.6 Å². The van der Waals surface area contributed by atoms with E-state index in [1.807, 2.05) is 5.38 Å². The highest BCUT2D eigenvalue weighted by atomic mass is 32.1. The fraction of sp³-hybridized carbons (Fsp3) is 0.688. The molecule has 0 N–H and O–H groups in total. The van der Waals surface area contributed by atoms with Crippen molar-refractivity contribution in [1.82, 2.24) is 14.7 Å². The summed E-state index contributed by atoms with van der Waals surface area (Å²) in [6.07, 6.45) is 2.87. The van der Waals surface area contributed by atoms with Gasteiger partial charge in [-0.1, -0.05) is 0 Å². The van der Waals surface area contributed by atoms with Gasteiger partial charge in [-0.25, -0.2) is 0 Å². The van der Waals surface area contributed by atoms with Crippen molar-refractivity contribution >= 4 is 17.2 Å². The Kier molecular flexibility index (Phi) is 4.62. The van der Waals surface area contributed by atoms with Crippen molar-refractivity contribution in [2.75, 3.05) is 40.3 Å². The Hall–Kier alpha value is -0.910. The van der Waals surface area contributed by atoms with Crippen LogP contribution in [0.2, 0.25) is 0 Å². The predicted octanol–water partition coefficient (Wildman–Crippen LogP) is 1.53. The summed E-state index contributed by atoms with van der Waals surface area (Å²) in [5, 5.41) is 4.14. The standard InChI is InChI=1S/C16H25N3OS/c1-17(2)8-9-18-6-3-15-14(18)4-7-19(15)16(20)11-13-5-10-21-12-13/h5,10,12,14-15H,3-4,6-9,11H2,1-2H3/t14-,15+/m1/s1. The lowest BCUT2D eigenvalue weighted by Gasteiger charge is -2.26. The van der Waals surface area contributed by atoms with Gasteiger partial charge in [0, 0.05) is 38.3 Å². The SMILES string of the molecule is CN(C)CCN1CC[C@H]2[C@H]1CCN2C(=O)Cc1ccsc1. The summed E-state index contributed by atoms with van der Waals surface area (Å²) >= 11 is 1.67. The molecule has 1 aromatic rings. The van der Waals surface area contributed by atoms with E-state index in [4.69, 9.17) is 0 Å². The molecule has 0 radical (unpaired) electrons. The highest BCUT2D eigenvalue weighted by Crippen LogP contribution is 2.31. The molecule has 0 saturated carbocycles. The molecular weight excluding hydrogens is 282 g/mol. The van der Waals surface area contributed by atoms with Crippen LogP contribution in [0, 0.1) is 0 Å². The lowest BCUT2D eigenvalue weighted by atomic mass is 10.1. The molecule has 1 aromatic heterocycles. The van der Waals surface area contributed by atoms with Crippen molar-refractivity contribution in [3.63, 3.8) is 0 Å². The van der Waals surface area contributed by atoms with Gasteiger partial charge < -0.3 is 9.80 Å². The monoisotopic (exact) mass is 307 g/mol. The van der Waals surface area contributed by atoms with Crippen molar-refractivity contribution in [3.05, 3.63) is 22.4 Å². The van der Waals surface area contributed by atoms with E-state index in [1.165, 1.54) is 0 Å². The highest BCUT2D eigenvalue weighted by molar-refractivity contribution is 7.07. The maximum absolute atomic E-state index is 12.5. The molecule has 116 valence electrons. The van der Waals surface area contributed by atoms with Gasteiger partial charge in [0.15, 0.2) is 0 Å². The van der Waals surface area contributed by atoms with Gasteiger partial charge in [0.2, 0.25) is 5.91 Å². The number of likely N-dealkylation sites (N-methyl/N-ethyl adjacent to an activating group) is 1. The van der Waals surface area contributed by atoms with Gasteiger partial charge >= 0.3 is 0 Å². The number of nitrogens with zero attached hydrogens (tertiary/aromatic N) is 3. The van der Waals surface area contributed by atoms with E-state index < -0.39 is 0 Å². The summed E-state index contributed by atoms with van der Waals surface area (Å²) in [7, 11) is 4.25. The first kappa shape index (κ1) is 15.0. The second-order valence-electron chi connectivity index (χ2n) is 6.45. The average molecular weight is 307 g/mol. The first-order valence-corrected chi connectivity index (χ1v) is 8.79. The summed E-state index contributed by atoms with van der Waals surface area (Å²) in [5.74, 6) is 0.315. The minimum atomic E-state index is 0.315. The number of carbonyl (C=O) groups excluding carboxylic acids is 1. The molecule has 4 nitrogen and oxygen atoms in total. The highest BCUT2D eigenvalue weighted by Gasteiger charge is 2.43. The van der Waals surface area contributed by atoms with Crippen LogP contribution in [0.4, 0.5) is 0 Å². The minimum absolute atomic E-state index is 0.315. The molecule has 5 heteroatoms. The summed E-state index contributed by atoms with van der Waals surface area (Å²) in [4.78, 5) is 19.5. The zero-order valence-corrected chi connectivity index (χ0v) is 13.8. The second-order valence-corrected chi connectivity index (χ2v) is 7.23. The molecular formula is C16H25N3OS. The summed E-state index contributed by atoms with van der Waals surface area (Å²) < 4.78 is 0. The van der Waals surface area contributed by atoms with Gasteiger partial charge in [-0.3, -0.25) is 9.69 Å². The number of amides is 1. The fourth-order valence-corrected chi connectivity index (χ4v) is 4.33. The molecule has 0 aromatic carbocycles. The van der Waals surface area contributed by atoms with E-state index in [1.54, 1.807) is 11.3 Å². The molecule has 2 aliphatic rings. The van der Waals surface area contributed by atoms with Crippen molar-refractivity contribution in [3.8, 4) is 0 Å². The van der Waals surface area contributed by atoms with Crippen LogP contribution in [0.3, 0.4) is 0 Å². The minimum Gasteiger partial charge on any atom is -0.338 e.